The summed E-state index contributed by atoms with van der Waals surface area (Å²) in [5, 5.41) is 9.54. The third-order valence-corrected chi connectivity index (χ3v) is 4.42. The van der Waals surface area contributed by atoms with Crippen molar-refractivity contribution in [3.63, 3.8) is 0 Å². The molecule has 2 fully saturated rings. The van der Waals surface area contributed by atoms with Gasteiger partial charge in [0, 0.05) is 24.4 Å². The molecule has 1 aliphatic carbocycles. The molecule has 1 aliphatic heterocycles. The molecule has 1 N–H and O–H groups in total. The van der Waals surface area contributed by atoms with Crippen LogP contribution in [0.15, 0.2) is 0 Å². The fourth-order valence-corrected chi connectivity index (χ4v) is 3.12. The summed E-state index contributed by atoms with van der Waals surface area (Å²) in [6.45, 7) is 5.53. The Labute approximate surface area is 97.8 Å². The fraction of sp³-hybridized carbons (Fsp3) is 0.923. The molecular weight excluding hydrogens is 202 g/mol. The molecule has 1 amide bonds. The Balaban J connectivity index is 1.96. The quantitative estimate of drug-likeness (QED) is 0.778. The molecule has 2 aliphatic rings. The van der Waals surface area contributed by atoms with Crippen molar-refractivity contribution in [2.75, 3.05) is 13.1 Å². The van der Waals surface area contributed by atoms with Gasteiger partial charge < -0.3 is 10.0 Å². The van der Waals surface area contributed by atoms with Gasteiger partial charge in [0.1, 0.15) is 0 Å². The highest BCUT2D eigenvalue weighted by Crippen LogP contribution is 2.40. The van der Waals surface area contributed by atoms with Gasteiger partial charge in [0.05, 0.1) is 6.10 Å². The minimum Gasteiger partial charge on any atom is -0.393 e. The highest BCUT2D eigenvalue weighted by molar-refractivity contribution is 5.82. The van der Waals surface area contributed by atoms with Crippen molar-refractivity contribution in [2.24, 2.45) is 11.3 Å². The molecule has 16 heavy (non-hydrogen) atoms. The van der Waals surface area contributed by atoms with Crippen molar-refractivity contribution < 1.29 is 9.90 Å². The zero-order valence-corrected chi connectivity index (χ0v) is 10.4. The predicted octanol–water partition coefficient (Wildman–Crippen LogP) is 1.80. The predicted molar refractivity (Wildman–Crippen MR) is 62.9 cm³/mol. The monoisotopic (exact) mass is 225 g/mol. The molecule has 0 radical (unpaired) electrons. The molecule has 1 saturated heterocycles. The second kappa shape index (κ2) is 4.36. The number of rotatable bonds is 2. The van der Waals surface area contributed by atoms with Crippen molar-refractivity contribution in [3.8, 4) is 0 Å². The van der Waals surface area contributed by atoms with Crippen LogP contribution in [0.3, 0.4) is 0 Å². The normalized spacial score (nSPS) is 30.7. The summed E-state index contributed by atoms with van der Waals surface area (Å²) in [6.07, 6.45) is 5.14. The molecule has 0 aromatic carbocycles. The van der Waals surface area contributed by atoms with Crippen LogP contribution in [0.1, 0.15) is 46.0 Å². The van der Waals surface area contributed by atoms with Gasteiger partial charge in [-0.05, 0) is 26.2 Å². The molecule has 1 heterocycles. The number of likely N-dealkylation sites (tertiary alicyclic amines) is 1. The van der Waals surface area contributed by atoms with Crippen molar-refractivity contribution in [1.82, 2.24) is 4.90 Å². The number of hydrogen-bond donors (Lipinski definition) is 1. The van der Waals surface area contributed by atoms with E-state index in [-0.39, 0.29) is 17.4 Å². The molecule has 1 saturated carbocycles. The number of hydrogen-bond acceptors (Lipinski definition) is 2. The highest BCUT2D eigenvalue weighted by atomic mass is 16.3. The summed E-state index contributed by atoms with van der Waals surface area (Å²) in [7, 11) is 0. The van der Waals surface area contributed by atoms with Crippen LogP contribution in [-0.4, -0.2) is 35.1 Å². The van der Waals surface area contributed by atoms with E-state index in [4.69, 9.17) is 0 Å². The van der Waals surface area contributed by atoms with Crippen LogP contribution in [0.4, 0.5) is 0 Å². The van der Waals surface area contributed by atoms with Gasteiger partial charge in [0.15, 0.2) is 0 Å². The Bertz CT molecular complexity index is 269. The fourth-order valence-electron chi connectivity index (χ4n) is 3.12. The lowest BCUT2D eigenvalue weighted by molar-refractivity contribution is -0.140. The molecule has 2 rings (SSSR count). The van der Waals surface area contributed by atoms with E-state index in [1.54, 1.807) is 0 Å². The number of aliphatic hydroxyl groups excluding tert-OH is 1. The van der Waals surface area contributed by atoms with Crippen molar-refractivity contribution in [1.29, 1.82) is 0 Å². The summed E-state index contributed by atoms with van der Waals surface area (Å²) in [6, 6.07) is 0. The van der Waals surface area contributed by atoms with Crippen LogP contribution in [0.2, 0.25) is 0 Å². The number of aliphatic hydroxyl groups is 1. The number of nitrogens with zero attached hydrogens (tertiary/aromatic N) is 1. The molecule has 2 atom stereocenters. The smallest absolute Gasteiger partial charge is 0.228 e. The topological polar surface area (TPSA) is 40.5 Å². The third kappa shape index (κ3) is 2.10. The summed E-state index contributed by atoms with van der Waals surface area (Å²) in [4.78, 5) is 14.4. The van der Waals surface area contributed by atoms with E-state index in [1.807, 2.05) is 11.8 Å². The van der Waals surface area contributed by atoms with Crippen LogP contribution < -0.4 is 0 Å². The molecule has 0 spiro atoms. The van der Waals surface area contributed by atoms with Crippen molar-refractivity contribution in [3.05, 3.63) is 0 Å². The zero-order valence-electron chi connectivity index (χ0n) is 10.4. The van der Waals surface area contributed by atoms with E-state index in [0.29, 0.717) is 5.91 Å². The second-order valence-electron chi connectivity index (χ2n) is 5.81. The van der Waals surface area contributed by atoms with Gasteiger partial charge >= 0.3 is 0 Å². The number of amides is 1. The second-order valence-corrected chi connectivity index (χ2v) is 5.81. The molecule has 3 heteroatoms. The first kappa shape index (κ1) is 11.9. The summed E-state index contributed by atoms with van der Waals surface area (Å²) in [5.41, 5.74) is -0.104. The van der Waals surface area contributed by atoms with Crippen LogP contribution in [0.25, 0.3) is 0 Å². The van der Waals surface area contributed by atoms with Gasteiger partial charge in [-0.2, -0.15) is 0 Å². The van der Waals surface area contributed by atoms with Crippen LogP contribution in [0.5, 0.6) is 0 Å². The number of carbonyl (C=O) groups is 1. The summed E-state index contributed by atoms with van der Waals surface area (Å²) < 4.78 is 0. The van der Waals surface area contributed by atoms with E-state index in [9.17, 15) is 9.90 Å². The molecule has 0 aromatic heterocycles. The van der Waals surface area contributed by atoms with E-state index < -0.39 is 0 Å². The Kier molecular flexibility index (Phi) is 3.24. The number of carbonyl (C=O) groups excluding carboxylic acids is 1. The Morgan fingerprint density at radius 1 is 1.44 bits per heavy atom. The lowest BCUT2D eigenvalue weighted by Gasteiger charge is -2.29. The standard InChI is InChI=1S/C13H23NO2/c1-10(15)11-5-8-14(9-11)12(16)13(2)6-3-4-7-13/h10-11,15H,3-9H2,1-2H3. The van der Waals surface area contributed by atoms with Gasteiger partial charge in [-0.3, -0.25) is 4.79 Å². The molecule has 0 bridgehead atoms. The first-order chi connectivity index (χ1) is 7.53. The Morgan fingerprint density at radius 2 is 2.06 bits per heavy atom. The van der Waals surface area contributed by atoms with Gasteiger partial charge in [-0.1, -0.05) is 19.8 Å². The molecular formula is C13H23NO2. The zero-order chi connectivity index (χ0) is 11.8. The van der Waals surface area contributed by atoms with Crippen LogP contribution in [0, 0.1) is 11.3 Å². The van der Waals surface area contributed by atoms with Gasteiger partial charge in [-0.15, -0.1) is 0 Å². The minimum absolute atomic E-state index is 0.104. The summed E-state index contributed by atoms with van der Waals surface area (Å²) in [5.74, 6) is 0.613. The van der Waals surface area contributed by atoms with E-state index in [0.717, 1.165) is 32.4 Å². The van der Waals surface area contributed by atoms with Crippen LogP contribution >= 0.6 is 0 Å². The van der Waals surface area contributed by atoms with E-state index in [1.165, 1.54) is 12.8 Å². The maximum absolute atomic E-state index is 12.4. The minimum atomic E-state index is -0.283. The van der Waals surface area contributed by atoms with Crippen LogP contribution in [-0.2, 0) is 4.79 Å². The maximum atomic E-state index is 12.4. The van der Waals surface area contributed by atoms with Crippen molar-refractivity contribution >= 4 is 5.91 Å². The molecule has 0 aromatic rings. The average molecular weight is 225 g/mol. The van der Waals surface area contributed by atoms with Gasteiger partial charge in [0.25, 0.3) is 0 Å². The van der Waals surface area contributed by atoms with Gasteiger partial charge in [0.2, 0.25) is 5.91 Å². The van der Waals surface area contributed by atoms with Crippen molar-refractivity contribution in [2.45, 2.75) is 52.1 Å². The highest BCUT2D eigenvalue weighted by Gasteiger charge is 2.41. The van der Waals surface area contributed by atoms with E-state index in [2.05, 4.69) is 6.92 Å². The first-order valence-corrected chi connectivity index (χ1v) is 6.50. The lowest BCUT2D eigenvalue weighted by atomic mass is 9.87. The molecule has 92 valence electrons. The summed E-state index contributed by atoms with van der Waals surface area (Å²) >= 11 is 0. The molecule has 3 nitrogen and oxygen atoms in total. The van der Waals surface area contributed by atoms with E-state index >= 15 is 0 Å². The lowest BCUT2D eigenvalue weighted by Crippen LogP contribution is -2.40. The average Bonchev–Trinajstić information content (AvgIpc) is 2.85. The maximum Gasteiger partial charge on any atom is 0.228 e. The Morgan fingerprint density at radius 3 is 2.56 bits per heavy atom. The Hall–Kier alpha value is -0.570. The molecule has 2 unspecified atom stereocenters. The van der Waals surface area contributed by atoms with Gasteiger partial charge in [-0.25, -0.2) is 0 Å². The third-order valence-electron chi connectivity index (χ3n) is 4.42. The first-order valence-electron chi connectivity index (χ1n) is 6.50. The largest absolute Gasteiger partial charge is 0.393 e. The SMILES string of the molecule is CC(O)C1CCN(C(=O)C2(C)CCCC2)C1.